The number of benzene rings is 3. The smallest absolute Gasteiger partial charge is 0.234 e. The lowest BCUT2D eigenvalue weighted by molar-refractivity contribution is -0.126. The van der Waals surface area contributed by atoms with Crippen LogP contribution in [0.2, 0.25) is 0 Å². The summed E-state index contributed by atoms with van der Waals surface area (Å²) in [5.41, 5.74) is 2.69. The van der Waals surface area contributed by atoms with Crippen LogP contribution in [0.4, 0.5) is 5.69 Å². The first-order chi connectivity index (χ1) is 17.6. The molecular weight excluding hydrogens is 454 g/mol. The number of ether oxygens (including phenoxy) is 2. The molecule has 0 spiro atoms. The maximum absolute atomic E-state index is 13.2. The van der Waals surface area contributed by atoms with Crippen molar-refractivity contribution in [2.75, 3.05) is 39.2 Å². The molecule has 0 aliphatic carbocycles. The number of rotatable bonds is 9. The van der Waals surface area contributed by atoms with Crippen molar-refractivity contribution in [1.82, 2.24) is 10.2 Å². The monoisotopic (exact) mass is 487 g/mol. The number of anilines is 1. The predicted octanol–water partition coefficient (Wildman–Crippen LogP) is 4.26. The Kier molecular flexibility index (Phi) is 8.57. The summed E-state index contributed by atoms with van der Waals surface area (Å²) < 4.78 is 10.6. The minimum atomic E-state index is -0.323. The van der Waals surface area contributed by atoms with Crippen molar-refractivity contribution >= 4 is 17.5 Å². The highest BCUT2D eigenvalue weighted by atomic mass is 16.5. The van der Waals surface area contributed by atoms with Crippen molar-refractivity contribution in [1.29, 1.82) is 0 Å². The molecule has 1 aliphatic heterocycles. The van der Waals surface area contributed by atoms with Gasteiger partial charge in [0.1, 0.15) is 11.5 Å². The molecule has 1 atom stereocenters. The van der Waals surface area contributed by atoms with Gasteiger partial charge in [0.15, 0.2) is 0 Å². The van der Waals surface area contributed by atoms with Gasteiger partial charge in [-0.05, 0) is 66.9 Å². The number of likely N-dealkylation sites (tertiary alicyclic amines) is 1. The molecule has 3 aromatic carbocycles. The van der Waals surface area contributed by atoms with Crippen molar-refractivity contribution in [3.05, 3.63) is 90.0 Å². The molecule has 1 aliphatic rings. The van der Waals surface area contributed by atoms with Gasteiger partial charge in [0.05, 0.1) is 32.7 Å². The second-order valence-electron chi connectivity index (χ2n) is 8.98. The molecular formula is C29H33N3O4. The minimum Gasteiger partial charge on any atom is -0.497 e. The zero-order chi connectivity index (χ0) is 25.3. The minimum absolute atomic E-state index is 0.000602. The summed E-state index contributed by atoms with van der Waals surface area (Å²) in [6, 6.07) is 24.5. The highest BCUT2D eigenvalue weighted by Crippen LogP contribution is 2.26. The fourth-order valence-electron chi connectivity index (χ4n) is 4.54. The number of carbonyl (C=O) groups is 2. The van der Waals surface area contributed by atoms with Crippen LogP contribution >= 0.6 is 0 Å². The van der Waals surface area contributed by atoms with Crippen molar-refractivity contribution < 1.29 is 19.1 Å². The first kappa shape index (κ1) is 25.3. The second kappa shape index (κ2) is 12.2. The summed E-state index contributed by atoms with van der Waals surface area (Å²) in [5, 5.41) is 6.19. The van der Waals surface area contributed by atoms with Gasteiger partial charge in [-0.3, -0.25) is 14.5 Å². The SMILES string of the molecule is COc1ccc(C(NC(=O)CN2CCC[C@H](C(=O)Nc3ccccc3)C2)c2ccc(OC)cc2)cc1. The zero-order valence-corrected chi connectivity index (χ0v) is 20.8. The summed E-state index contributed by atoms with van der Waals surface area (Å²) in [6.45, 7) is 1.58. The maximum Gasteiger partial charge on any atom is 0.234 e. The van der Waals surface area contributed by atoms with Gasteiger partial charge < -0.3 is 20.1 Å². The Labute approximate surface area is 212 Å². The molecule has 2 N–H and O–H groups in total. The fourth-order valence-corrected chi connectivity index (χ4v) is 4.54. The molecule has 3 aromatic rings. The van der Waals surface area contributed by atoms with Crippen LogP contribution in [0.25, 0.3) is 0 Å². The third kappa shape index (κ3) is 6.64. The van der Waals surface area contributed by atoms with Gasteiger partial charge in [0.2, 0.25) is 11.8 Å². The molecule has 36 heavy (non-hydrogen) atoms. The van der Waals surface area contributed by atoms with E-state index in [0.717, 1.165) is 47.7 Å². The van der Waals surface area contributed by atoms with Gasteiger partial charge in [0.25, 0.3) is 0 Å². The standard InChI is InChI=1S/C29H33N3O4/c1-35-25-14-10-21(11-15-25)28(22-12-16-26(36-2)17-13-22)31-27(33)20-32-18-6-7-23(19-32)29(34)30-24-8-4-3-5-9-24/h3-5,8-17,23,28H,6-7,18-20H2,1-2H3,(H,30,34)(H,31,33)/t23-/m0/s1. The number of para-hydroxylation sites is 1. The van der Waals surface area contributed by atoms with Crippen molar-refractivity contribution in [2.45, 2.75) is 18.9 Å². The first-order valence-corrected chi connectivity index (χ1v) is 12.2. The van der Waals surface area contributed by atoms with Crippen molar-refractivity contribution in [2.24, 2.45) is 5.92 Å². The van der Waals surface area contributed by atoms with E-state index in [2.05, 4.69) is 15.5 Å². The van der Waals surface area contributed by atoms with E-state index >= 15 is 0 Å². The molecule has 188 valence electrons. The number of hydrogen-bond donors (Lipinski definition) is 2. The number of nitrogens with one attached hydrogen (secondary N) is 2. The highest BCUT2D eigenvalue weighted by molar-refractivity contribution is 5.92. The highest BCUT2D eigenvalue weighted by Gasteiger charge is 2.27. The summed E-state index contributed by atoms with van der Waals surface area (Å²) in [7, 11) is 3.26. The molecule has 0 aromatic heterocycles. The Bertz CT molecular complexity index is 1090. The number of methoxy groups -OCH3 is 2. The van der Waals surface area contributed by atoms with E-state index in [-0.39, 0.29) is 30.3 Å². The molecule has 1 heterocycles. The van der Waals surface area contributed by atoms with Crippen LogP contribution in [0.3, 0.4) is 0 Å². The third-order valence-corrected chi connectivity index (χ3v) is 6.49. The van der Waals surface area contributed by atoms with Gasteiger partial charge in [-0.2, -0.15) is 0 Å². The van der Waals surface area contributed by atoms with Crippen LogP contribution in [-0.4, -0.2) is 50.6 Å². The van der Waals surface area contributed by atoms with E-state index in [0.29, 0.717) is 6.54 Å². The van der Waals surface area contributed by atoms with E-state index < -0.39 is 0 Å². The Balaban J connectivity index is 1.41. The third-order valence-electron chi connectivity index (χ3n) is 6.49. The maximum atomic E-state index is 13.2. The van der Waals surface area contributed by atoms with Gasteiger partial charge in [-0.25, -0.2) is 0 Å². The molecule has 7 heteroatoms. The molecule has 2 amide bonds. The van der Waals surface area contributed by atoms with E-state index in [1.54, 1.807) is 14.2 Å². The Morgan fingerprint density at radius 1 is 0.889 bits per heavy atom. The van der Waals surface area contributed by atoms with E-state index in [4.69, 9.17) is 9.47 Å². The Morgan fingerprint density at radius 2 is 1.47 bits per heavy atom. The zero-order valence-electron chi connectivity index (χ0n) is 20.8. The lowest BCUT2D eigenvalue weighted by atomic mass is 9.96. The van der Waals surface area contributed by atoms with E-state index in [1.165, 1.54) is 0 Å². The van der Waals surface area contributed by atoms with Crippen LogP contribution in [0.1, 0.15) is 30.0 Å². The number of piperidine rings is 1. The lowest BCUT2D eigenvalue weighted by Gasteiger charge is -2.32. The van der Waals surface area contributed by atoms with Gasteiger partial charge in [-0.15, -0.1) is 0 Å². The largest absolute Gasteiger partial charge is 0.497 e. The summed E-state index contributed by atoms with van der Waals surface area (Å²) in [5.74, 6) is 1.28. The lowest BCUT2D eigenvalue weighted by Crippen LogP contribution is -2.46. The average molecular weight is 488 g/mol. The van der Waals surface area contributed by atoms with Crippen molar-refractivity contribution in [3.63, 3.8) is 0 Å². The Hall–Kier alpha value is -3.84. The van der Waals surface area contributed by atoms with Crippen LogP contribution in [0.5, 0.6) is 11.5 Å². The molecule has 0 radical (unpaired) electrons. The molecule has 0 saturated carbocycles. The fraction of sp³-hybridized carbons (Fsp3) is 0.310. The van der Waals surface area contributed by atoms with E-state index in [1.807, 2.05) is 78.9 Å². The van der Waals surface area contributed by atoms with Gasteiger partial charge >= 0.3 is 0 Å². The summed E-state index contributed by atoms with van der Waals surface area (Å²) in [6.07, 6.45) is 1.69. The topological polar surface area (TPSA) is 79.9 Å². The number of carbonyl (C=O) groups excluding carboxylic acids is 2. The molecule has 0 unspecified atom stereocenters. The van der Waals surface area contributed by atoms with Crippen LogP contribution in [-0.2, 0) is 9.59 Å². The number of hydrogen-bond acceptors (Lipinski definition) is 5. The van der Waals surface area contributed by atoms with Crippen molar-refractivity contribution in [3.8, 4) is 11.5 Å². The Morgan fingerprint density at radius 3 is 2.03 bits per heavy atom. The first-order valence-electron chi connectivity index (χ1n) is 12.2. The molecule has 1 fully saturated rings. The van der Waals surface area contributed by atoms with Crippen LogP contribution in [0.15, 0.2) is 78.9 Å². The van der Waals surface area contributed by atoms with Crippen LogP contribution < -0.4 is 20.1 Å². The predicted molar refractivity (Wildman–Crippen MR) is 140 cm³/mol. The van der Waals surface area contributed by atoms with Gasteiger partial charge in [-0.1, -0.05) is 42.5 Å². The normalized spacial score (nSPS) is 15.8. The number of amides is 2. The number of nitrogens with zero attached hydrogens (tertiary/aromatic N) is 1. The second-order valence-corrected chi connectivity index (χ2v) is 8.98. The van der Waals surface area contributed by atoms with E-state index in [9.17, 15) is 9.59 Å². The molecule has 1 saturated heterocycles. The molecule has 0 bridgehead atoms. The summed E-state index contributed by atoms with van der Waals surface area (Å²) in [4.78, 5) is 28.0. The molecule has 7 nitrogen and oxygen atoms in total. The van der Waals surface area contributed by atoms with Crippen LogP contribution in [0, 0.1) is 5.92 Å². The summed E-state index contributed by atoms with van der Waals surface area (Å²) >= 11 is 0. The average Bonchev–Trinajstić information content (AvgIpc) is 2.92. The molecule has 4 rings (SSSR count). The quantitative estimate of drug-likeness (QED) is 0.472. The van der Waals surface area contributed by atoms with Gasteiger partial charge in [0, 0.05) is 12.2 Å².